The normalized spacial score (nSPS) is 20.7. The van der Waals surface area contributed by atoms with E-state index in [1.165, 1.54) is 24.0 Å². The molecule has 1 saturated carbocycles. The van der Waals surface area contributed by atoms with Crippen LogP contribution in [-0.4, -0.2) is 15.6 Å². The van der Waals surface area contributed by atoms with Gasteiger partial charge in [-0.1, -0.05) is 30.3 Å². The molecular formula is C22H23N3O. The molecule has 0 bridgehead atoms. The number of nitrogens with zero attached hydrogens (tertiary/aromatic N) is 2. The number of para-hydroxylation sites is 2. The predicted molar refractivity (Wildman–Crippen MR) is 104 cm³/mol. The Labute approximate surface area is 153 Å². The first-order chi connectivity index (χ1) is 12.7. The number of aromatic nitrogens is 2. The van der Waals surface area contributed by atoms with Gasteiger partial charge in [0.25, 0.3) is 0 Å². The van der Waals surface area contributed by atoms with Gasteiger partial charge in [-0.05, 0) is 50.3 Å². The molecule has 1 aromatic heterocycles. The molecule has 1 aliphatic carbocycles. The highest BCUT2D eigenvalue weighted by atomic mass is 16.5. The van der Waals surface area contributed by atoms with Crippen molar-refractivity contribution < 1.29 is 4.74 Å². The molecule has 2 aliphatic rings. The van der Waals surface area contributed by atoms with Crippen LogP contribution in [-0.2, 0) is 0 Å². The third-order valence-corrected chi connectivity index (χ3v) is 5.89. The number of hydrogen-bond acceptors (Lipinski definition) is 4. The number of anilines is 1. The molecule has 1 N–H and O–H groups in total. The minimum atomic E-state index is -0.0230. The molecule has 0 radical (unpaired) electrons. The lowest BCUT2D eigenvalue weighted by atomic mass is 9.86. The summed E-state index contributed by atoms with van der Waals surface area (Å²) in [5.74, 6) is 1.93. The van der Waals surface area contributed by atoms with Crippen LogP contribution in [0.25, 0.3) is 10.9 Å². The summed E-state index contributed by atoms with van der Waals surface area (Å²) in [6, 6.07) is 14.9. The van der Waals surface area contributed by atoms with E-state index < -0.39 is 0 Å². The van der Waals surface area contributed by atoms with E-state index in [1.807, 2.05) is 0 Å². The second-order valence-corrected chi connectivity index (χ2v) is 7.62. The Morgan fingerprint density at radius 3 is 2.77 bits per heavy atom. The third-order valence-electron chi connectivity index (χ3n) is 5.89. The largest absolute Gasteiger partial charge is 0.487 e. The Bertz CT molecular complexity index is 963. The van der Waals surface area contributed by atoms with Gasteiger partial charge in [0.1, 0.15) is 23.5 Å². The molecule has 26 heavy (non-hydrogen) atoms. The van der Waals surface area contributed by atoms with Gasteiger partial charge < -0.3 is 10.1 Å². The SMILES string of the molecule is Cc1cccc2c(NC3CC4(CCCC4)Oc4ccccc43)ncnc12. The van der Waals surface area contributed by atoms with E-state index in [4.69, 9.17) is 4.74 Å². The van der Waals surface area contributed by atoms with E-state index in [9.17, 15) is 0 Å². The van der Waals surface area contributed by atoms with E-state index in [0.717, 1.165) is 41.7 Å². The van der Waals surface area contributed by atoms with Crippen molar-refractivity contribution in [2.75, 3.05) is 5.32 Å². The van der Waals surface area contributed by atoms with Gasteiger partial charge in [0.05, 0.1) is 11.6 Å². The van der Waals surface area contributed by atoms with Crippen LogP contribution in [0.4, 0.5) is 5.82 Å². The lowest BCUT2D eigenvalue weighted by Gasteiger charge is -2.40. The zero-order valence-electron chi connectivity index (χ0n) is 15.0. The standard InChI is InChI=1S/C22H23N3O/c1-15-7-6-9-17-20(15)23-14-24-21(17)25-18-13-22(11-4-5-12-22)26-19-10-3-2-8-16(18)19/h2-3,6-10,14,18H,4-5,11-13H2,1H3,(H,23,24,25). The van der Waals surface area contributed by atoms with Crippen molar-refractivity contribution in [1.82, 2.24) is 9.97 Å². The molecule has 1 spiro atoms. The highest BCUT2D eigenvalue weighted by Crippen LogP contribution is 2.48. The topological polar surface area (TPSA) is 47.0 Å². The first-order valence-electron chi connectivity index (χ1n) is 9.49. The van der Waals surface area contributed by atoms with Crippen LogP contribution in [0.1, 0.15) is 49.3 Å². The third kappa shape index (κ3) is 2.52. The maximum absolute atomic E-state index is 6.48. The van der Waals surface area contributed by atoms with Crippen LogP contribution < -0.4 is 10.1 Å². The second kappa shape index (κ2) is 5.97. The summed E-state index contributed by atoms with van der Waals surface area (Å²) >= 11 is 0. The average molecular weight is 345 g/mol. The zero-order chi connectivity index (χ0) is 17.6. The molecule has 5 rings (SSSR count). The number of nitrogens with one attached hydrogen (secondary N) is 1. The van der Waals surface area contributed by atoms with E-state index >= 15 is 0 Å². The Kier molecular flexibility index (Phi) is 3.59. The minimum absolute atomic E-state index is 0.0230. The van der Waals surface area contributed by atoms with Gasteiger partial charge in [-0.2, -0.15) is 0 Å². The van der Waals surface area contributed by atoms with Crippen LogP contribution >= 0.6 is 0 Å². The summed E-state index contributed by atoms with van der Waals surface area (Å²) in [5.41, 5.74) is 3.39. The molecule has 3 aromatic rings. The Morgan fingerprint density at radius 1 is 1.04 bits per heavy atom. The number of rotatable bonds is 2. The van der Waals surface area contributed by atoms with E-state index in [0.29, 0.717) is 0 Å². The van der Waals surface area contributed by atoms with Gasteiger partial charge in [-0.15, -0.1) is 0 Å². The van der Waals surface area contributed by atoms with Crippen LogP contribution in [0.15, 0.2) is 48.8 Å². The molecule has 4 heteroatoms. The minimum Gasteiger partial charge on any atom is -0.487 e. The van der Waals surface area contributed by atoms with Crippen LogP contribution in [0, 0.1) is 6.92 Å². The molecule has 1 atom stereocenters. The van der Waals surface area contributed by atoms with Crippen molar-refractivity contribution in [1.29, 1.82) is 0 Å². The van der Waals surface area contributed by atoms with Gasteiger partial charge in [-0.25, -0.2) is 9.97 Å². The van der Waals surface area contributed by atoms with Crippen LogP contribution in [0.2, 0.25) is 0 Å². The maximum atomic E-state index is 6.48. The lowest BCUT2D eigenvalue weighted by Crippen LogP contribution is -2.40. The molecule has 4 nitrogen and oxygen atoms in total. The summed E-state index contributed by atoms with van der Waals surface area (Å²) in [7, 11) is 0. The predicted octanol–water partition coefficient (Wildman–Crippen LogP) is 5.19. The van der Waals surface area contributed by atoms with Crippen molar-refractivity contribution in [2.24, 2.45) is 0 Å². The summed E-state index contributed by atoms with van der Waals surface area (Å²) in [5, 5.41) is 4.81. The van der Waals surface area contributed by atoms with Crippen molar-refractivity contribution >= 4 is 16.7 Å². The lowest BCUT2D eigenvalue weighted by molar-refractivity contribution is 0.0453. The smallest absolute Gasteiger partial charge is 0.137 e. The zero-order valence-corrected chi connectivity index (χ0v) is 15.0. The highest BCUT2D eigenvalue weighted by Gasteiger charge is 2.43. The monoisotopic (exact) mass is 345 g/mol. The molecule has 2 aromatic carbocycles. The molecule has 132 valence electrons. The van der Waals surface area contributed by atoms with Crippen molar-refractivity contribution in [2.45, 2.75) is 50.7 Å². The van der Waals surface area contributed by atoms with Crippen molar-refractivity contribution in [3.63, 3.8) is 0 Å². The summed E-state index contributed by atoms with van der Waals surface area (Å²) < 4.78 is 6.48. The first-order valence-corrected chi connectivity index (χ1v) is 9.49. The fraction of sp³-hybridized carbons (Fsp3) is 0.364. The number of hydrogen-bond donors (Lipinski definition) is 1. The van der Waals surface area contributed by atoms with Gasteiger partial charge >= 0.3 is 0 Å². The quantitative estimate of drug-likeness (QED) is 0.694. The van der Waals surface area contributed by atoms with Gasteiger partial charge in [-0.3, -0.25) is 0 Å². The number of benzene rings is 2. The van der Waals surface area contributed by atoms with Gasteiger partial charge in [0.2, 0.25) is 0 Å². The molecule has 1 aliphatic heterocycles. The molecular weight excluding hydrogens is 322 g/mol. The van der Waals surface area contributed by atoms with E-state index in [2.05, 4.69) is 64.7 Å². The second-order valence-electron chi connectivity index (χ2n) is 7.62. The number of ether oxygens (including phenoxy) is 1. The van der Waals surface area contributed by atoms with E-state index in [1.54, 1.807) is 6.33 Å². The van der Waals surface area contributed by atoms with Crippen LogP contribution in [0.5, 0.6) is 5.75 Å². The summed E-state index contributed by atoms with van der Waals surface area (Å²) in [6.07, 6.45) is 7.44. The fourth-order valence-electron chi connectivity index (χ4n) is 4.59. The number of fused-ring (bicyclic) bond motifs is 2. The van der Waals surface area contributed by atoms with Gasteiger partial charge in [0.15, 0.2) is 0 Å². The molecule has 1 unspecified atom stereocenters. The summed E-state index contributed by atoms with van der Waals surface area (Å²) in [4.78, 5) is 9.04. The van der Waals surface area contributed by atoms with Crippen molar-refractivity contribution in [3.8, 4) is 5.75 Å². The molecule has 0 saturated heterocycles. The fourth-order valence-corrected chi connectivity index (χ4v) is 4.59. The number of aryl methyl sites for hydroxylation is 1. The highest BCUT2D eigenvalue weighted by molar-refractivity contribution is 5.91. The maximum Gasteiger partial charge on any atom is 0.137 e. The Hall–Kier alpha value is -2.62. The molecule has 0 amide bonds. The van der Waals surface area contributed by atoms with Gasteiger partial charge in [0, 0.05) is 17.4 Å². The first kappa shape index (κ1) is 15.6. The Balaban J connectivity index is 1.57. The molecule has 2 heterocycles. The van der Waals surface area contributed by atoms with Crippen LogP contribution in [0.3, 0.4) is 0 Å². The summed E-state index contributed by atoms with van der Waals surface area (Å²) in [6.45, 7) is 2.09. The van der Waals surface area contributed by atoms with Crippen molar-refractivity contribution in [3.05, 3.63) is 59.9 Å². The molecule has 1 fully saturated rings. The van der Waals surface area contributed by atoms with E-state index in [-0.39, 0.29) is 11.6 Å². The Morgan fingerprint density at radius 2 is 1.88 bits per heavy atom. The average Bonchev–Trinajstić information content (AvgIpc) is 3.10.